The molecule has 0 spiro atoms. The van der Waals surface area contributed by atoms with E-state index < -0.39 is 35.4 Å². The van der Waals surface area contributed by atoms with Crippen molar-refractivity contribution in [2.75, 3.05) is 12.4 Å². The minimum absolute atomic E-state index is 0.000707. The molecule has 172 valence electrons. The second-order valence-electron chi connectivity index (χ2n) is 7.33. The van der Waals surface area contributed by atoms with E-state index in [2.05, 4.69) is 20.3 Å². The lowest BCUT2D eigenvalue weighted by Crippen LogP contribution is -2.23. The molecule has 0 radical (unpaired) electrons. The zero-order valence-corrected chi connectivity index (χ0v) is 19.6. The zero-order valence-electron chi connectivity index (χ0n) is 17.2. The highest BCUT2D eigenvalue weighted by molar-refractivity contribution is 7.19. The van der Waals surface area contributed by atoms with Crippen molar-refractivity contribution in [1.82, 2.24) is 15.0 Å². The van der Waals surface area contributed by atoms with Gasteiger partial charge in [-0.2, -0.15) is 4.37 Å². The fourth-order valence-electron chi connectivity index (χ4n) is 3.79. The minimum atomic E-state index is -0.903. The Kier molecular flexibility index (Phi) is 5.54. The van der Waals surface area contributed by atoms with E-state index in [0.717, 1.165) is 22.9 Å². The van der Waals surface area contributed by atoms with Crippen LogP contribution < -0.4 is 16.0 Å². The molecule has 1 unspecified atom stereocenters. The predicted molar refractivity (Wildman–Crippen MR) is 126 cm³/mol. The van der Waals surface area contributed by atoms with Crippen molar-refractivity contribution in [1.29, 1.82) is 0 Å². The number of halogens is 3. The molecule has 3 amide bonds. The molecular weight excluding hydrogens is 506 g/mol. The molecule has 0 aliphatic carbocycles. The van der Waals surface area contributed by atoms with E-state index in [-0.39, 0.29) is 31.7 Å². The largest absolute Gasteiger partial charge is 0.354 e. The van der Waals surface area contributed by atoms with Crippen molar-refractivity contribution < 1.29 is 23.2 Å². The number of amides is 3. The van der Waals surface area contributed by atoms with Crippen molar-refractivity contribution in [2.45, 2.75) is 6.04 Å². The maximum atomic E-state index is 14.0. The van der Waals surface area contributed by atoms with E-state index in [1.54, 1.807) is 0 Å². The number of rotatable bonds is 4. The SMILES string of the molecule is CNC(=O)c1sc(NC(=O)c2nsc3ccc(F)cc23)c2c1C(=O)NC2c1cc(F)ccc1Cl. The maximum Gasteiger partial charge on any atom is 0.276 e. The molecule has 2 aromatic carbocycles. The fraction of sp³-hybridized carbons (Fsp3) is 0.0909. The number of carbonyl (C=O) groups excluding carboxylic acids is 3. The summed E-state index contributed by atoms with van der Waals surface area (Å²) in [6.07, 6.45) is 0. The number of anilines is 1. The Balaban J connectivity index is 1.63. The lowest BCUT2D eigenvalue weighted by Gasteiger charge is -2.15. The summed E-state index contributed by atoms with van der Waals surface area (Å²) >= 11 is 8.22. The van der Waals surface area contributed by atoms with Gasteiger partial charge in [0.15, 0.2) is 0 Å². The van der Waals surface area contributed by atoms with Crippen molar-refractivity contribution in [3.8, 4) is 0 Å². The molecule has 2 aromatic heterocycles. The monoisotopic (exact) mass is 518 g/mol. The smallest absolute Gasteiger partial charge is 0.276 e. The highest BCUT2D eigenvalue weighted by Gasteiger charge is 2.40. The number of hydrogen-bond donors (Lipinski definition) is 3. The average molecular weight is 519 g/mol. The Labute approximate surface area is 203 Å². The first kappa shape index (κ1) is 22.4. The van der Waals surface area contributed by atoms with Crippen molar-refractivity contribution in [3.05, 3.63) is 80.3 Å². The van der Waals surface area contributed by atoms with Crippen LogP contribution in [0.25, 0.3) is 10.1 Å². The number of nitrogens with one attached hydrogen (secondary N) is 3. The van der Waals surface area contributed by atoms with Crippen molar-refractivity contribution in [2.24, 2.45) is 0 Å². The summed E-state index contributed by atoms with van der Waals surface area (Å²) in [5.74, 6) is -2.81. The van der Waals surface area contributed by atoms with Gasteiger partial charge in [0.2, 0.25) is 0 Å². The van der Waals surface area contributed by atoms with Gasteiger partial charge in [-0.25, -0.2) is 8.78 Å². The lowest BCUT2D eigenvalue weighted by molar-refractivity contribution is 0.0933. The molecule has 0 saturated carbocycles. The molecule has 1 aliphatic heterocycles. The first-order valence-electron chi connectivity index (χ1n) is 9.79. The standard InChI is InChI=1S/C22H13ClF2N4O3S2/c1-26-21(32)18-15-14(16(27-19(15)30)10-6-8(24)2-4-12(10)23)22(33-18)28-20(31)17-11-7-9(25)3-5-13(11)34-29-17/h2-7,16H,1H3,(H,26,32)(H,27,30)(H,28,31). The van der Waals surface area contributed by atoms with Gasteiger partial charge in [0, 0.05) is 28.6 Å². The van der Waals surface area contributed by atoms with Crippen LogP contribution in [-0.4, -0.2) is 29.1 Å². The quantitative estimate of drug-likeness (QED) is 0.363. The number of nitrogens with zero attached hydrogens (tertiary/aromatic N) is 1. The molecule has 0 saturated heterocycles. The molecule has 0 bridgehead atoms. The maximum absolute atomic E-state index is 14.0. The third kappa shape index (κ3) is 3.61. The van der Waals surface area contributed by atoms with Gasteiger partial charge in [-0.1, -0.05) is 11.6 Å². The summed E-state index contributed by atoms with van der Waals surface area (Å²) in [5, 5.41) is 8.61. The zero-order chi connectivity index (χ0) is 24.1. The number of thiophene rings is 1. The molecule has 12 heteroatoms. The highest BCUT2D eigenvalue weighted by Crippen LogP contribution is 2.45. The topological polar surface area (TPSA) is 100 Å². The van der Waals surface area contributed by atoms with Crippen molar-refractivity contribution in [3.63, 3.8) is 0 Å². The summed E-state index contributed by atoms with van der Waals surface area (Å²) in [7, 11) is 1.41. The van der Waals surface area contributed by atoms with Crippen LogP contribution in [0.2, 0.25) is 5.02 Å². The fourth-order valence-corrected chi connectivity index (χ4v) is 5.95. The van der Waals surface area contributed by atoms with Gasteiger partial charge in [-0.05, 0) is 47.9 Å². The Bertz CT molecular complexity index is 1520. The molecule has 7 nitrogen and oxygen atoms in total. The van der Waals surface area contributed by atoms with Crippen LogP contribution in [0.15, 0.2) is 36.4 Å². The number of aromatic nitrogens is 1. The predicted octanol–water partition coefficient (Wildman–Crippen LogP) is 4.73. The van der Waals surface area contributed by atoms with Crippen LogP contribution >= 0.6 is 34.5 Å². The summed E-state index contributed by atoms with van der Waals surface area (Å²) in [6.45, 7) is 0. The van der Waals surface area contributed by atoms with Gasteiger partial charge in [-0.15, -0.1) is 11.3 Å². The van der Waals surface area contributed by atoms with Gasteiger partial charge < -0.3 is 16.0 Å². The van der Waals surface area contributed by atoms with Gasteiger partial charge in [0.1, 0.15) is 27.2 Å². The molecule has 3 heterocycles. The van der Waals surface area contributed by atoms with E-state index in [4.69, 9.17) is 11.6 Å². The van der Waals surface area contributed by atoms with E-state index in [0.29, 0.717) is 15.6 Å². The van der Waals surface area contributed by atoms with E-state index in [1.807, 2.05) is 0 Å². The third-order valence-corrected chi connectivity index (χ3v) is 7.60. The van der Waals surface area contributed by atoms with E-state index >= 15 is 0 Å². The minimum Gasteiger partial charge on any atom is -0.354 e. The Morgan fingerprint density at radius 3 is 2.62 bits per heavy atom. The Hall–Kier alpha value is -3.41. The summed E-state index contributed by atoms with van der Waals surface area (Å²) in [4.78, 5) is 38.5. The van der Waals surface area contributed by atoms with Crippen molar-refractivity contribution >= 4 is 67.3 Å². The van der Waals surface area contributed by atoms with Crippen LogP contribution in [0.5, 0.6) is 0 Å². The molecule has 34 heavy (non-hydrogen) atoms. The molecule has 1 aliphatic rings. The first-order chi connectivity index (χ1) is 16.3. The molecular formula is C22H13ClF2N4O3S2. The number of fused-ring (bicyclic) bond motifs is 2. The van der Waals surface area contributed by atoms with Gasteiger partial charge in [0.05, 0.1) is 16.3 Å². The number of carbonyl (C=O) groups is 3. The second-order valence-corrected chi connectivity index (χ2v) is 9.56. The van der Waals surface area contributed by atoms with E-state index in [9.17, 15) is 23.2 Å². The number of hydrogen-bond acceptors (Lipinski definition) is 6. The normalized spacial score (nSPS) is 14.7. The highest BCUT2D eigenvalue weighted by atomic mass is 35.5. The van der Waals surface area contributed by atoms with Crippen LogP contribution in [0.4, 0.5) is 13.8 Å². The Morgan fingerprint density at radius 2 is 1.85 bits per heavy atom. The van der Waals surface area contributed by atoms with Crippen LogP contribution in [0.3, 0.4) is 0 Å². The first-order valence-corrected chi connectivity index (χ1v) is 11.8. The lowest BCUT2D eigenvalue weighted by atomic mass is 9.99. The van der Waals surface area contributed by atoms with Gasteiger partial charge >= 0.3 is 0 Å². The van der Waals surface area contributed by atoms with Crippen LogP contribution in [0, 0.1) is 11.6 Å². The Morgan fingerprint density at radius 1 is 1.12 bits per heavy atom. The van der Waals surface area contributed by atoms with Gasteiger partial charge in [0.25, 0.3) is 17.7 Å². The molecule has 4 aromatic rings. The summed E-state index contributed by atoms with van der Waals surface area (Å²) < 4.78 is 32.5. The summed E-state index contributed by atoms with van der Waals surface area (Å²) in [5.41, 5.74) is 0.631. The van der Waals surface area contributed by atoms with Gasteiger partial charge in [-0.3, -0.25) is 14.4 Å². The second kappa shape index (κ2) is 8.42. The van der Waals surface area contributed by atoms with Crippen LogP contribution in [-0.2, 0) is 0 Å². The molecule has 3 N–H and O–H groups in total. The summed E-state index contributed by atoms with van der Waals surface area (Å²) in [6, 6.07) is 6.83. The average Bonchev–Trinajstić information content (AvgIpc) is 3.49. The third-order valence-electron chi connectivity index (χ3n) is 5.31. The molecule has 5 rings (SSSR count). The van der Waals surface area contributed by atoms with E-state index in [1.165, 1.54) is 43.4 Å². The molecule has 0 fully saturated rings. The van der Waals surface area contributed by atoms with Crippen LogP contribution in [0.1, 0.15) is 47.7 Å². The molecule has 1 atom stereocenters. The number of benzene rings is 2.